The molecule has 6 heteroatoms. The van der Waals surface area contributed by atoms with E-state index in [0.29, 0.717) is 18.1 Å². The van der Waals surface area contributed by atoms with Crippen molar-refractivity contribution >= 4 is 17.5 Å². The van der Waals surface area contributed by atoms with Crippen molar-refractivity contribution in [1.82, 2.24) is 9.97 Å². The molecule has 0 radical (unpaired) electrons. The summed E-state index contributed by atoms with van der Waals surface area (Å²) in [4.78, 5) is 18.8. The SMILES string of the molecule is Nc1cc(C(=O)O)cnc1NCCc1cccnc1. The van der Waals surface area contributed by atoms with Gasteiger partial charge in [0.2, 0.25) is 0 Å². The van der Waals surface area contributed by atoms with E-state index in [1.54, 1.807) is 12.4 Å². The third-order valence-corrected chi connectivity index (χ3v) is 2.59. The first-order valence-corrected chi connectivity index (χ1v) is 5.78. The molecular formula is C13H14N4O2. The van der Waals surface area contributed by atoms with Crippen molar-refractivity contribution in [2.45, 2.75) is 6.42 Å². The molecule has 6 nitrogen and oxygen atoms in total. The van der Waals surface area contributed by atoms with Crippen LogP contribution in [0.15, 0.2) is 36.8 Å². The predicted molar refractivity (Wildman–Crippen MR) is 72.0 cm³/mol. The molecule has 0 bridgehead atoms. The summed E-state index contributed by atoms with van der Waals surface area (Å²) in [5.74, 6) is -0.546. The molecule has 0 saturated carbocycles. The molecule has 2 aromatic heterocycles. The Balaban J connectivity index is 1.95. The van der Waals surface area contributed by atoms with Gasteiger partial charge in [0.15, 0.2) is 0 Å². The van der Waals surface area contributed by atoms with Crippen molar-refractivity contribution in [3.63, 3.8) is 0 Å². The van der Waals surface area contributed by atoms with Gasteiger partial charge in [-0.25, -0.2) is 9.78 Å². The van der Waals surface area contributed by atoms with Gasteiger partial charge in [-0.1, -0.05) is 6.07 Å². The van der Waals surface area contributed by atoms with E-state index in [2.05, 4.69) is 15.3 Å². The fourth-order valence-electron chi connectivity index (χ4n) is 1.62. The summed E-state index contributed by atoms with van der Waals surface area (Å²) in [7, 11) is 0. The molecule has 0 aliphatic rings. The molecule has 0 saturated heterocycles. The Morgan fingerprint density at radius 2 is 2.26 bits per heavy atom. The van der Waals surface area contributed by atoms with Gasteiger partial charge in [-0.05, 0) is 24.1 Å². The number of carboxylic acids is 1. The largest absolute Gasteiger partial charge is 0.478 e. The maximum atomic E-state index is 10.7. The summed E-state index contributed by atoms with van der Waals surface area (Å²) in [6.07, 6.45) is 5.59. The third-order valence-electron chi connectivity index (χ3n) is 2.59. The predicted octanol–water partition coefficient (Wildman–Crippen LogP) is 1.41. The Kier molecular flexibility index (Phi) is 3.92. The number of carbonyl (C=O) groups is 1. The maximum Gasteiger partial charge on any atom is 0.337 e. The number of hydrogen-bond acceptors (Lipinski definition) is 5. The number of pyridine rings is 2. The Morgan fingerprint density at radius 1 is 1.42 bits per heavy atom. The van der Waals surface area contributed by atoms with Gasteiger partial charge in [0, 0.05) is 25.1 Å². The molecule has 2 aromatic rings. The lowest BCUT2D eigenvalue weighted by Gasteiger charge is -2.08. The highest BCUT2D eigenvalue weighted by atomic mass is 16.4. The number of carboxylic acid groups (broad SMARTS) is 1. The van der Waals surface area contributed by atoms with Crippen LogP contribution < -0.4 is 11.1 Å². The van der Waals surface area contributed by atoms with Crippen molar-refractivity contribution in [3.05, 3.63) is 47.9 Å². The van der Waals surface area contributed by atoms with Crippen LogP contribution >= 0.6 is 0 Å². The number of hydrogen-bond donors (Lipinski definition) is 3. The number of aromatic nitrogens is 2. The Labute approximate surface area is 110 Å². The Bertz CT molecular complexity index is 572. The van der Waals surface area contributed by atoms with Crippen LogP contribution in [0.4, 0.5) is 11.5 Å². The molecule has 98 valence electrons. The average molecular weight is 258 g/mol. The van der Waals surface area contributed by atoms with Crippen LogP contribution in [0.25, 0.3) is 0 Å². The van der Waals surface area contributed by atoms with Crippen molar-refractivity contribution in [1.29, 1.82) is 0 Å². The number of rotatable bonds is 5. The zero-order chi connectivity index (χ0) is 13.7. The highest BCUT2D eigenvalue weighted by molar-refractivity contribution is 5.89. The summed E-state index contributed by atoms with van der Waals surface area (Å²) in [5, 5.41) is 11.9. The second-order valence-corrected chi connectivity index (χ2v) is 4.01. The minimum atomic E-state index is -1.04. The van der Waals surface area contributed by atoms with E-state index in [9.17, 15) is 4.79 Å². The van der Waals surface area contributed by atoms with Gasteiger partial charge in [0.25, 0.3) is 0 Å². The van der Waals surface area contributed by atoms with Crippen molar-refractivity contribution in [2.75, 3.05) is 17.6 Å². The van der Waals surface area contributed by atoms with E-state index in [4.69, 9.17) is 10.8 Å². The van der Waals surface area contributed by atoms with Crippen molar-refractivity contribution < 1.29 is 9.90 Å². The number of aromatic carboxylic acids is 1. The number of nitrogen functional groups attached to an aromatic ring is 1. The molecule has 0 fully saturated rings. The number of anilines is 2. The molecule has 2 rings (SSSR count). The maximum absolute atomic E-state index is 10.7. The van der Waals surface area contributed by atoms with Crippen LogP contribution in [0, 0.1) is 0 Å². The summed E-state index contributed by atoms with van der Waals surface area (Å²) in [6, 6.07) is 5.25. The van der Waals surface area contributed by atoms with E-state index in [0.717, 1.165) is 12.0 Å². The lowest BCUT2D eigenvalue weighted by molar-refractivity contribution is 0.0696. The van der Waals surface area contributed by atoms with Crippen molar-refractivity contribution in [2.24, 2.45) is 0 Å². The number of nitrogens with one attached hydrogen (secondary N) is 1. The Hall–Kier alpha value is -2.63. The normalized spacial score (nSPS) is 10.1. The van der Waals surface area contributed by atoms with Gasteiger partial charge in [-0.15, -0.1) is 0 Å². The summed E-state index contributed by atoms with van der Waals surface area (Å²) >= 11 is 0. The van der Waals surface area contributed by atoms with Crippen molar-refractivity contribution in [3.8, 4) is 0 Å². The summed E-state index contributed by atoms with van der Waals surface area (Å²) in [5.41, 5.74) is 7.25. The topological polar surface area (TPSA) is 101 Å². The fraction of sp³-hybridized carbons (Fsp3) is 0.154. The molecule has 19 heavy (non-hydrogen) atoms. The second kappa shape index (κ2) is 5.81. The van der Waals surface area contributed by atoms with Gasteiger partial charge in [0.1, 0.15) is 5.82 Å². The molecule has 0 spiro atoms. The van der Waals surface area contributed by atoms with Gasteiger partial charge in [0.05, 0.1) is 11.3 Å². The van der Waals surface area contributed by atoms with Crippen LogP contribution in [0.3, 0.4) is 0 Å². The highest BCUT2D eigenvalue weighted by Crippen LogP contribution is 2.16. The van der Waals surface area contributed by atoms with E-state index < -0.39 is 5.97 Å². The minimum absolute atomic E-state index is 0.0790. The average Bonchev–Trinajstić information content (AvgIpc) is 2.41. The second-order valence-electron chi connectivity index (χ2n) is 4.01. The first kappa shape index (κ1) is 12.8. The third kappa shape index (κ3) is 3.41. The molecule has 0 atom stereocenters. The number of nitrogens with two attached hydrogens (primary N) is 1. The zero-order valence-corrected chi connectivity index (χ0v) is 10.2. The summed E-state index contributed by atoms with van der Waals surface area (Å²) < 4.78 is 0. The molecule has 4 N–H and O–H groups in total. The van der Waals surface area contributed by atoms with Crippen LogP contribution in [-0.2, 0) is 6.42 Å². The van der Waals surface area contributed by atoms with Crippen LogP contribution in [-0.4, -0.2) is 27.6 Å². The minimum Gasteiger partial charge on any atom is -0.478 e. The van der Waals surface area contributed by atoms with Gasteiger partial charge < -0.3 is 16.2 Å². The van der Waals surface area contributed by atoms with E-state index in [-0.39, 0.29) is 5.56 Å². The van der Waals surface area contributed by atoms with Gasteiger partial charge in [-0.2, -0.15) is 0 Å². The van der Waals surface area contributed by atoms with Crippen LogP contribution in [0.1, 0.15) is 15.9 Å². The van der Waals surface area contributed by atoms with E-state index in [1.807, 2.05) is 12.1 Å². The Morgan fingerprint density at radius 3 is 2.89 bits per heavy atom. The van der Waals surface area contributed by atoms with E-state index >= 15 is 0 Å². The molecule has 0 amide bonds. The molecule has 0 aliphatic carbocycles. The number of nitrogens with zero attached hydrogens (tertiary/aromatic N) is 2. The molecule has 0 aromatic carbocycles. The first-order chi connectivity index (χ1) is 9.16. The lowest BCUT2D eigenvalue weighted by Crippen LogP contribution is -2.10. The lowest BCUT2D eigenvalue weighted by atomic mass is 10.2. The van der Waals surface area contributed by atoms with Gasteiger partial charge >= 0.3 is 5.97 Å². The van der Waals surface area contributed by atoms with Crippen LogP contribution in [0.5, 0.6) is 0 Å². The van der Waals surface area contributed by atoms with Gasteiger partial charge in [-0.3, -0.25) is 4.98 Å². The molecule has 0 unspecified atom stereocenters. The van der Waals surface area contributed by atoms with E-state index in [1.165, 1.54) is 12.3 Å². The molecular weight excluding hydrogens is 244 g/mol. The standard InChI is InChI=1S/C13H14N4O2/c14-11-6-10(13(18)19)8-17-12(11)16-5-3-9-2-1-4-15-7-9/h1-2,4,6-8H,3,5,14H2,(H,16,17)(H,18,19). The smallest absolute Gasteiger partial charge is 0.337 e. The quantitative estimate of drug-likeness (QED) is 0.749. The first-order valence-electron chi connectivity index (χ1n) is 5.78. The summed E-state index contributed by atoms with van der Waals surface area (Å²) in [6.45, 7) is 0.648. The monoisotopic (exact) mass is 258 g/mol. The molecule has 0 aliphatic heterocycles. The highest BCUT2D eigenvalue weighted by Gasteiger charge is 2.07. The zero-order valence-electron chi connectivity index (χ0n) is 10.2. The molecule has 2 heterocycles. The fourth-order valence-corrected chi connectivity index (χ4v) is 1.62. The van der Waals surface area contributed by atoms with Crippen LogP contribution in [0.2, 0.25) is 0 Å².